The highest BCUT2D eigenvalue weighted by Crippen LogP contribution is 2.29. The van der Waals surface area contributed by atoms with E-state index in [0.717, 1.165) is 5.69 Å². The van der Waals surface area contributed by atoms with Crippen LogP contribution in [0.2, 0.25) is 0 Å². The zero-order chi connectivity index (χ0) is 18.8. The number of carbonyl (C=O) groups excluding carboxylic acids is 1. The lowest BCUT2D eigenvalue weighted by Crippen LogP contribution is -2.37. The highest BCUT2D eigenvalue weighted by atomic mass is 16.5. The summed E-state index contributed by atoms with van der Waals surface area (Å²) in [5, 5.41) is 9.10. The van der Waals surface area contributed by atoms with Crippen LogP contribution in [-0.4, -0.2) is 51.2 Å². The number of methoxy groups -OCH3 is 2. The summed E-state index contributed by atoms with van der Waals surface area (Å²) in [6, 6.07) is 8.92. The van der Waals surface area contributed by atoms with Crippen molar-refractivity contribution < 1.29 is 14.3 Å². The van der Waals surface area contributed by atoms with E-state index in [-0.39, 0.29) is 5.91 Å². The van der Waals surface area contributed by atoms with E-state index in [1.807, 2.05) is 18.2 Å². The van der Waals surface area contributed by atoms with Crippen LogP contribution in [0.1, 0.15) is 10.4 Å². The number of amides is 1. The van der Waals surface area contributed by atoms with Crippen molar-refractivity contribution in [2.75, 3.05) is 39.7 Å². The van der Waals surface area contributed by atoms with Crippen LogP contribution in [0.3, 0.4) is 0 Å². The topological polar surface area (TPSA) is 96.9 Å². The quantitative estimate of drug-likeness (QED) is 0.395. The molecule has 0 radical (unpaired) electrons. The Balaban J connectivity index is 1.82. The zero-order valence-corrected chi connectivity index (χ0v) is 15.1. The summed E-state index contributed by atoms with van der Waals surface area (Å²) >= 11 is 0. The molecule has 1 amide bonds. The minimum atomic E-state index is -0.164. The summed E-state index contributed by atoms with van der Waals surface area (Å²) in [5.41, 5.74) is 1.33. The molecule has 0 aliphatic rings. The number of aromatic nitrogens is 1. The Morgan fingerprint density at radius 1 is 1.12 bits per heavy atom. The number of nitrogens with zero attached hydrogens (tertiary/aromatic N) is 2. The van der Waals surface area contributed by atoms with E-state index in [1.165, 1.54) is 6.20 Å². The molecule has 0 aliphatic carbocycles. The van der Waals surface area contributed by atoms with E-state index in [1.54, 1.807) is 39.6 Å². The number of aliphatic imine (C=N–C) groups is 1. The second-order valence-corrected chi connectivity index (χ2v) is 5.19. The maximum Gasteiger partial charge on any atom is 0.252 e. The van der Waals surface area contributed by atoms with E-state index >= 15 is 0 Å². The van der Waals surface area contributed by atoms with Gasteiger partial charge in [-0.3, -0.25) is 14.8 Å². The Morgan fingerprint density at radius 2 is 1.88 bits per heavy atom. The van der Waals surface area contributed by atoms with Crippen LogP contribution in [-0.2, 0) is 0 Å². The van der Waals surface area contributed by atoms with Crippen molar-refractivity contribution in [1.82, 2.24) is 15.6 Å². The summed E-state index contributed by atoms with van der Waals surface area (Å²) in [6.45, 7) is 0.958. The number of pyridine rings is 1. The van der Waals surface area contributed by atoms with Gasteiger partial charge in [0.2, 0.25) is 0 Å². The van der Waals surface area contributed by atoms with E-state index < -0.39 is 0 Å². The third-order valence-corrected chi connectivity index (χ3v) is 3.50. The fraction of sp³-hybridized carbons (Fsp3) is 0.278. The fourth-order valence-corrected chi connectivity index (χ4v) is 2.19. The Labute approximate surface area is 152 Å². The normalized spacial score (nSPS) is 10.8. The molecule has 2 aromatic rings. The van der Waals surface area contributed by atoms with Gasteiger partial charge in [-0.05, 0) is 24.3 Å². The van der Waals surface area contributed by atoms with Gasteiger partial charge in [-0.25, -0.2) is 0 Å². The smallest absolute Gasteiger partial charge is 0.252 e. The minimum absolute atomic E-state index is 0.164. The lowest BCUT2D eigenvalue weighted by atomic mass is 10.2. The molecular formula is C18H23N5O3. The SMILES string of the molecule is CN=C(NCCNC(=O)c1cccnc1)Nc1ccc(OC)c(OC)c1. The van der Waals surface area contributed by atoms with Gasteiger partial charge in [-0.15, -0.1) is 0 Å². The number of anilines is 1. The van der Waals surface area contributed by atoms with Crippen LogP contribution in [0.15, 0.2) is 47.7 Å². The molecule has 0 saturated carbocycles. The number of hydrogen-bond acceptors (Lipinski definition) is 5. The Bertz CT molecular complexity index is 750. The molecule has 0 bridgehead atoms. The number of carbonyl (C=O) groups is 1. The van der Waals surface area contributed by atoms with E-state index in [2.05, 4.69) is 25.9 Å². The maximum absolute atomic E-state index is 11.9. The summed E-state index contributed by atoms with van der Waals surface area (Å²) < 4.78 is 10.5. The molecule has 3 N–H and O–H groups in total. The predicted molar refractivity (Wildman–Crippen MR) is 101 cm³/mol. The van der Waals surface area contributed by atoms with Gasteiger partial charge in [-0.2, -0.15) is 0 Å². The van der Waals surface area contributed by atoms with Crippen molar-refractivity contribution in [3.8, 4) is 11.5 Å². The van der Waals surface area contributed by atoms with Crippen molar-refractivity contribution in [3.05, 3.63) is 48.3 Å². The molecule has 0 unspecified atom stereocenters. The molecule has 8 heteroatoms. The molecular weight excluding hydrogens is 334 g/mol. The first-order chi connectivity index (χ1) is 12.7. The zero-order valence-electron chi connectivity index (χ0n) is 15.1. The summed E-state index contributed by atoms with van der Waals surface area (Å²) in [5.74, 6) is 1.69. The van der Waals surface area contributed by atoms with Gasteiger partial charge in [0.05, 0.1) is 19.8 Å². The molecule has 2 rings (SSSR count). The van der Waals surface area contributed by atoms with Crippen LogP contribution in [0.25, 0.3) is 0 Å². The highest BCUT2D eigenvalue weighted by molar-refractivity contribution is 5.94. The Morgan fingerprint density at radius 3 is 2.54 bits per heavy atom. The standard InChI is InChI=1S/C18H23N5O3/c1-19-18(23-14-6-7-15(25-2)16(11-14)26-3)22-10-9-21-17(24)13-5-4-8-20-12-13/h4-8,11-12H,9-10H2,1-3H3,(H,21,24)(H2,19,22,23). The molecule has 1 heterocycles. The van der Waals surface area contributed by atoms with Gasteiger partial charge in [-0.1, -0.05) is 0 Å². The number of ether oxygens (including phenoxy) is 2. The monoisotopic (exact) mass is 357 g/mol. The number of benzene rings is 1. The van der Waals surface area contributed by atoms with Crippen LogP contribution in [0.4, 0.5) is 5.69 Å². The van der Waals surface area contributed by atoms with Gasteiger partial charge in [0, 0.05) is 44.3 Å². The van der Waals surface area contributed by atoms with Crippen LogP contribution < -0.4 is 25.4 Å². The summed E-state index contributed by atoms with van der Waals surface area (Å²) in [6.07, 6.45) is 3.16. The molecule has 138 valence electrons. The lowest BCUT2D eigenvalue weighted by molar-refractivity contribution is 0.0954. The second kappa shape index (κ2) is 9.87. The fourth-order valence-electron chi connectivity index (χ4n) is 2.19. The number of nitrogens with one attached hydrogen (secondary N) is 3. The Hall–Kier alpha value is -3.29. The lowest BCUT2D eigenvalue weighted by Gasteiger charge is -2.14. The first-order valence-electron chi connectivity index (χ1n) is 8.06. The van der Waals surface area contributed by atoms with Crippen LogP contribution >= 0.6 is 0 Å². The highest BCUT2D eigenvalue weighted by Gasteiger charge is 2.07. The molecule has 1 aromatic carbocycles. The number of guanidine groups is 1. The third-order valence-electron chi connectivity index (χ3n) is 3.50. The van der Waals surface area contributed by atoms with Crippen molar-refractivity contribution in [3.63, 3.8) is 0 Å². The first-order valence-corrected chi connectivity index (χ1v) is 8.06. The van der Waals surface area contributed by atoms with E-state index in [9.17, 15) is 4.79 Å². The first kappa shape index (κ1) is 19.0. The van der Waals surface area contributed by atoms with Gasteiger partial charge in [0.1, 0.15) is 0 Å². The molecule has 0 spiro atoms. The van der Waals surface area contributed by atoms with Gasteiger partial charge in [0.25, 0.3) is 5.91 Å². The molecule has 0 fully saturated rings. The van der Waals surface area contributed by atoms with Gasteiger partial charge < -0.3 is 25.4 Å². The average Bonchev–Trinajstić information content (AvgIpc) is 2.70. The van der Waals surface area contributed by atoms with Crippen LogP contribution in [0.5, 0.6) is 11.5 Å². The van der Waals surface area contributed by atoms with Crippen molar-refractivity contribution in [2.24, 2.45) is 4.99 Å². The molecule has 0 atom stereocenters. The summed E-state index contributed by atoms with van der Waals surface area (Å²) in [7, 11) is 4.84. The molecule has 26 heavy (non-hydrogen) atoms. The summed E-state index contributed by atoms with van der Waals surface area (Å²) in [4.78, 5) is 20.0. The number of hydrogen-bond donors (Lipinski definition) is 3. The maximum atomic E-state index is 11.9. The second-order valence-electron chi connectivity index (χ2n) is 5.19. The molecule has 8 nitrogen and oxygen atoms in total. The number of rotatable bonds is 7. The van der Waals surface area contributed by atoms with Crippen molar-refractivity contribution in [1.29, 1.82) is 0 Å². The van der Waals surface area contributed by atoms with E-state index in [4.69, 9.17) is 9.47 Å². The Kier molecular flexibility index (Phi) is 7.23. The molecule has 0 saturated heterocycles. The van der Waals surface area contributed by atoms with Crippen LogP contribution in [0, 0.1) is 0 Å². The average molecular weight is 357 g/mol. The van der Waals surface area contributed by atoms with Crippen molar-refractivity contribution >= 4 is 17.6 Å². The molecule has 0 aliphatic heterocycles. The van der Waals surface area contributed by atoms with E-state index in [0.29, 0.717) is 36.1 Å². The van der Waals surface area contributed by atoms with Crippen molar-refractivity contribution in [2.45, 2.75) is 0 Å². The van der Waals surface area contributed by atoms with Gasteiger partial charge in [0.15, 0.2) is 17.5 Å². The minimum Gasteiger partial charge on any atom is -0.493 e. The molecule has 1 aromatic heterocycles. The largest absolute Gasteiger partial charge is 0.493 e. The predicted octanol–water partition coefficient (Wildman–Crippen LogP) is 1.52. The van der Waals surface area contributed by atoms with Gasteiger partial charge >= 0.3 is 0 Å². The third kappa shape index (κ3) is 5.37.